The van der Waals surface area contributed by atoms with Crippen LogP contribution in [0.2, 0.25) is 0 Å². The first-order valence-electron chi connectivity index (χ1n) is 6.49. The molecule has 0 saturated heterocycles. The minimum absolute atomic E-state index is 0.00216. The van der Waals surface area contributed by atoms with Crippen LogP contribution in [-0.2, 0) is 4.74 Å². The van der Waals surface area contributed by atoms with Crippen molar-refractivity contribution >= 4 is 5.69 Å². The Balaban J connectivity index is 2.43. The van der Waals surface area contributed by atoms with Gasteiger partial charge in [0.05, 0.1) is 12.6 Å². The standard InChI is InChI=1S/C13H18FN5O/c1-3-4-10(8-20-2)19-13(16-17-18-19)11-7-9(14)5-6-12(11)15/h5-7,10H,3-4,8,15H2,1-2H3. The Morgan fingerprint density at radius 1 is 1.45 bits per heavy atom. The van der Waals surface area contributed by atoms with Gasteiger partial charge in [0.2, 0.25) is 0 Å². The van der Waals surface area contributed by atoms with Crippen LogP contribution >= 0.6 is 0 Å². The molecule has 0 saturated carbocycles. The number of nitrogens with two attached hydrogens (primary N) is 1. The molecule has 7 heteroatoms. The zero-order chi connectivity index (χ0) is 14.5. The Bertz CT molecular complexity index is 566. The first kappa shape index (κ1) is 14.4. The van der Waals surface area contributed by atoms with Crippen molar-refractivity contribution in [2.24, 2.45) is 0 Å². The summed E-state index contributed by atoms with van der Waals surface area (Å²) in [4.78, 5) is 0. The van der Waals surface area contributed by atoms with E-state index < -0.39 is 0 Å². The maximum absolute atomic E-state index is 13.4. The Labute approximate surface area is 116 Å². The van der Waals surface area contributed by atoms with Gasteiger partial charge in [0.15, 0.2) is 5.82 Å². The molecule has 0 fully saturated rings. The molecule has 1 atom stereocenters. The molecule has 0 bridgehead atoms. The van der Waals surface area contributed by atoms with E-state index in [1.807, 2.05) is 0 Å². The highest BCUT2D eigenvalue weighted by Crippen LogP contribution is 2.27. The average molecular weight is 279 g/mol. The quantitative estimate of drug-likeness (QED) is 0.819. The van der Waals surface area contributed by atoms with Crippen molar-refractivity contribution in [2.45, 2.75) is 25.8 Å². The zero-order valence-corrected chi connectivity index (χ0v) is 11.6. The van der Waals surface area contributed by atoms with Crippen LogP contribution in [-0.4, -0.2) is 33.9 Å². The average Bonchev–Trinajstić information content (AvgIpc) is 2.90. The smallest absolute Gasteiger partial charge is 0.184 e. The van der Waals surface area contributed by atoms with Crippen molar-refractivity contribution in [3.05, 3.63) is 24.0 Å². The van der Waals surface area contributed by atoms with Gasteiger partial charge in [-0.1, -0.05) is 13.3 Å². The molecule has 0 aliphatic heterocycles. The minimum Gasteiger partial charge on any atom is -0.398 e. The van der Waals surface area contributed by atoms with E-state index in [1.165, 1.54) is 18.2 Å². The largest absolute Gasteiger partial charge is 0.398 e. The molecule has 0 spiro atoms. The van der Waals surface area contributed by atoms with Crippen molar-refractivity contribution in [3.63, 3.8) is 0 Å². The van der Waals surface area contributed by atoms with Crippen LogP contribution in [0.25, 0.3) is 11.4 Å². The van der Waals surface area contributed by atoms with E-state index in [0.29, 0.717) is 23.7 Å². The van der Waals surface area contributed by atoms with E-state index in [-0.39, 0.29) is 11.9 Å². The molecular formula is C13H18FN5O. The lowest BCUT2D eigenvalue weighted by Gasteiger charge is -2.17. The molecule has 2 aromatic rings. The Morgan fingerprint density at radius 3 is 2.95 bits per heavy atom. The lowest BCUT2D eigenvalue weighted by Crippen LogP contribution is -2.17. The molecule has 0 radical (unpaired) electrons. The summed E-state index contributed by atoms with van der Waals surface area (Å²) in [7, 11) is 1.63. The first-order valence-corrected chi connectivity index (χ1v) is 6.49. The molecule has 1 aromatic carbocycles. The van der Waals surface area contributed by atoms with Crippen molar-refractivity contribution in [2.75, 3.05) is 19.5 Å². The summed E-state index contributed by atoms with van der Waals surface area (Å²) in [6, 6.07) is 4.16. The lowest BCUT2D eigenvalue weighted by molar-refractivity contribution is 0.144. The van der Waals surface area contributed by atoms with Gasteiger partial charge in [-0.25, -0.2) is 9.07 Å². The van der Waals surface area contributed by atoms with Crippen molar-refractivity contribution in [3.8, 4) is 11.4 Å². The van der Waals surface area contributed by atoms with Crippen molar-refractivity contribution in [1.29, 1.82) is 0 Å². The van der Waals surface area contributed by atoms with Crippen LogP contribution in [0.3, 0.4) is 0 Å². The second kappa shape index (κ2) is 6.42. The molecule has 20 heavy (non-hydrogen) atoms. The first-order chi connectivity index (χ1) is 9.67. The van der Waals surface area contributed by atoms with Crippen molar-refractivity contribution in [1.82, 2.24) is 20.2 Å². The van der Waals surface area contributed by atoms with Gasteiger partial charge in [-0.3, -0.25) is 0 Å². The highest BCUT2D eigenvalue weighted by atomic mass is 19.1. The highest BCUT2D eigenvalue weighted by Gasteiger charge is 2.19. The third-order valence-electron chi connectivity index (χ3n) is 3.08. The summed E-state index contributed by atoms with van der Waals surface area (Å²) in [5, 5.41) is 11.7. The normalized spacial score (nSPS) is 12.6. The minimum atomic E-state index is -0.373. The fourth-order valence-electron chi connectivity index (χ4n) is 2.14. The number of aromatic nitrogens is 4. The number of tetrazole rings is 1. The summed E-state index contributed by atoms with van der Waals surface area (Å²) in [5.74, 6) is 0.0834. The van der Waals surface area contributed by atoms with Crippen LogP contribution in [0, 0.1) is 5.82 Å². The predicted octanol–water partition coefficient (Wildman–Crippen LogP) is 2.05. The number of hydrogen-bond acceptors (Lipinski definition) is 5. The van der Waals surface area contributed by atoms with E-state index >= 15 is 0 Å². The number of halogens is 1. The van der Waals surface area contributed by atoms with E-state index in [2.05, 4.69) is 22.4 Å². The van der Waals surface area contributed by atoms with E-state index in [9.17, 15) is 4.39 Å². The highest BCUT2D eigenvalue weighted by molar-refractivity contribution is 5.71. The molecule has 6 nitrogen and oxygen atoms in total. The molecule has 108 valence electrons. The summed E-state index contributed by atoms with van der Waals surface area (Å²) < 4.78 is 20.3. The van der Waals surface area contributed by atoms with Gasteiger partial charge in [-0.05, 0) is 35.0 Å². The third-order valence-corrected chi connectivity index (χ3v) is 3.08. The van der Waals surface area contributed by atoms with Gasteiger partial charge in [-0.2, -0.15) is 0 Å². The number of rotatable bonds is 6. The van der Waals surface area contributed by atoms with Crippen LogP contribution in [0.4, 0.5) is 10.1 Å². The monoisotopic (exact) mass is 279 g/mol. The Morgan fingerprint density at radius 2 is 2.25 bits per heavy atom. The van der Waals surface area contributed by atoms with Crippen molar-refractivity contribution < 1.29 is 9.13 Å². The molecule has 1 unspecified atom stereocenters. The fourth-order valence-corrected chi connectivity index (χ4v) is 2.14. The van der Waals surface area contributed by atoms with Crippen LogP contribution < -0.4 is 5.73 Å². The summed E-state index contributed by atoms with van der Waals surface area (Å²) in [6.45, 7) is 2.56. The number of nitrogens with zero attached hydrogens (tertiary/aromatic N) is 4. The summed E-state index contributed by atoms with van der Waals surface area (Å²) in [5.41, 5.74) is 6.82. The van der Waals surface area contributed by atoms with E-state index in [0.717, 1.165) is 12.8 Å². The van der Waals surface area contributed by atoms with Crippen LogP contribution in [0.1, 0.15) is 25.8 Å². The maximum Gasteiger partial charge on any atom is 0.184 e. The van der Waals surface area contributed by atoms with E-state index in [1.54, 1.807) is 11.8 Å². The second-order valence-corrected chi connectivity index (χ2v) is 4.58. The summed E-state index contributed by atoms with van der Waals surface area (Å²) >= 11 is 0. The van der Waals surface area contributed by atoms with Gasteiger partial charge < -0.3 is 10.5 Å². The number of methoxy groups -OCH3 is 1. The summed E-state index contributed by atoms with van der Waals surface area (Å²) in [6.07, 6.45) is 1.83. The second-order valence-electron chi connectivity index (χ2n) is 4.58. The fraction of sp³-hybridized carbons (Fsp3) is 0.462. The van der Waals surface area contributed by atoms with Gasteiger partial charge in [0.25, 0.3) is 0 Å². The van der Waals surface area contributed by atoms with Gasteiger partial charge in [0, 0.05) is 18.4 Å². The van der Waals surface area contributed by atoms with Gasteiger partial charge in [0.1, 0.15) is 5.82 Å². The molecule has 1 heterocycles. The third kappa shape index (κ3) is 2.93. The molecule has 0 aliphatic carbocycles. The zero-order valence-electron chi connectivity index (χ0n) is 11.6. The van der Waals surface area contributed by atoms with Crippen LogP contribution in [0.15, 0.2) is 18.2 Å². The topological polar surface area (TPSA) is 78.8 Å². The number of ether oxygens (including phenoxy) is 1. The molecule has 0 amide bonds. The number of nitrogen functional groups attached to an aromatic ring is 1. The molecular weight excluding hydrogens is 261 g/mol. The molecule has 1 aromatic heterocycles. The van der Waals surface area contributed by atoms with E-state index in [4.69, 9.17) is 10.5 Å². The van der Waals surface area contributed by atoms with Gasteiger partial charge in [-0.15, -0.1) is 5.10 Å². The lowest BCUT2D eigenvalue weighted by atomic mass is 10.1. The number of benzene rings is 1. The maximum atomic E-state index is 13.4. The Kier molecular flexibility index (Phi) is 4.62. The number of hydrogen-bond donors (Lipinski definition) is 1. The SMILES string of the molecule is CCCC(COC)n1nnnc1-c1cc(F)ccc1N. The molecule has 0 aliphatic rings. The number of anilines is 1. The molecule has 2 N–H and O–H groups in total. The Hall–Kier alpha value is -2.02. The molecule has 2 rings (SSSR count). The van der Waals surface area contributed by atoms with Gasteiger partial charge >= 0.3 is 0 Å². The predicted molar refractivity (Wildman–Crippen MR) is 73.4 cm³/mol. The van der Waals surface area contributed by atoms with Crippen LogP contribution in [0.5, 0.6) is 0 Å².